The molecule has 0 aromatic carbocycles. The largest absolute Gasteiger partial charge is 0.439 e. The molecular formula is C21H24N4O2. The van der Waals surface area contributed by atoms with Gasteiger partial charge < -0.3 is 9.73 Å². The minimum absolute atomic E-state index is 0.164. The predicted molar refractivity (Wildman–Crippen MR) is 103 cm³/mol. The number of aromatic nitrogens is 3. The van der Waals surface area contributed by atoms with Gasteiger partial charge in [-0.25, -0.2) is 4.98 Å². The number of hydrogen-bond donors (Lipinski definition) is 1. The summed E-state index contributed by atoms with van der Waals surface area (Å²) in [7, 11) is 2.00. The van der Waals surface area contributed by atoms with Crippen molar-refractivity contribution >= 4 is 16.6 Å². The van der Waals surface area contributed by atoms with Crippen LogP contribution in [0.4, 0.5) is 0 Å². The van der Waals surface area contributed by atoms with Crippen LogP contribution in [0.25, 0.3) is 22.2 Å². The van der Waals surface area contributed by atoms with Crippen LogP contribution < -0.4 is 5.32 Å². The SMILES string of the molecule is CNC1CCC(C(=O)Cc2cc3cc(-c4cnc(C)o4)ncc3cn2)CC1. The molecule has 0 radical (unpaired) electrons. The highest BCUT2D eigenvalue weighted by Gasteiger charge is 2.25. The van der Waals surface area contributed by atoms with Crippen molar-refractivity contribution < 1.29 is 9.21 Å². The molecule has 0 atom stereocenters. The average molecular weight is 364 g/mol. The molecule has 1 fully saturated rings. The lowest BCUT2D eigenvalue weighted by Gasteiger charge is -2.27. The molecule has 27 heavy (non-hydrogen) atoms. The molecule has 140 valence electrons. The van der Waals surface area contributed by atoms with Crippen LogP contribution in [0.2, 0.25) is 0 Å². The van der Waals surface area contributed by atoms with Gasteiger partial charge in [-0.1, -0.05) is 0 Å². The standard InChI is InChI=1S/C21H24N4O2/c1-13-23-12-21(27-13)19-8-15-7-18(24-10-16(15)11-25-19)9-20(26)14-3-5-17(22-2)6-4-14/h7-8,10-12,14,17,22H,3-6,9H2,1-2H3. The number of oxazole rings is 1. The van der Waals surface area contributed by atoms with Crippen molar-refractivity contribution in [2.45, 2.75) is 45.1 Å². The highest BCUT2D eigenvalue weighted by molar-refractivity contribution is 5.87. The summed E-state index contributed by atoms with van der Waals surface area (Å²) in [5, 5.41) is 5.26. The zero-order valence-electron chi connectivity index (χ0n) is 15.7. The Balaban J connectivity index is 1.51. The maximum Gasteiger partial charge on any atom is 0.191 e. The molecule has 0 saturated heterocycles. The van der Waals surface area contributed by atoms with Gasteiger partial charge >= 0.3 is 0 Å². The number of carbonyl (C=O) groups is 1. The van der Waals surface area contributed by atoms with Gasteiger partial charge in [-0.05, 0) is 50.2 Å². The summed E-state index contributed by atoms with van der Waals surface area (Å²) in [6, 6.07) is 4.50. The van der Waals surface area contributed by atoms with E-state index in [1.54, 1.807) is 18.6 Å². The molecule has 6 nitrogen and oxygen atoms in total. The summed E-state index contributed by atoms with van der Waals surface area (Å²) in [5.41, 5.74) is 1.55. The zero-order chi connectivity index (χ0) is 18.8. The van der Waals surface area contributed by atoms with E-state index < -0.39 is 0 Å². The molecule has 0 unspecified atom stereocenters. The summed E-state index contributed by atoms with van der Waals surface area (Å²) in [4.78, 5) is 25.7. The van der Waals surface area contributed by atoms with Crippen molar-refractivity contribution in [1.29, 1.82) is 0 Å². The van der Waals surface area contributed by atoms with Crippen LogP contribution in [-0.4, -0.2) is 33.8 Å². The van der Waals surface area contributed by atoms with E-state index in [4.69, 9.17) is 4.42 Å². The highest BCUT2D eigenvalue weighted by Crippen LogP contribution is 2.27. The monoisotopic (exact) mass is 364 g/mol. The lowest BCUT2D eigenvalue weighted by Crippen LogP contribution is -2.33. The van der Waals surface area contributed by atoms with E-state index in [0.29, 0.717) is 29.9 Å². The van der Waals surface area contributed by atoms with Crippen molar-refractivity contribution in [3.8, 4) is 11.5 Å². The first-order chi connectivity index (χ1) is 13.1. The maximum atomic E-state index is 12.7. The van der Waals surface area contributed by atoms with Gasteiger partial charge in [-0.15, -0.1) is 0 Å². The first-order valence-corrected chi connectivity index (χ1v) is 9.50. The third-order valence-electron chi connectivity index (χ3n) is 5.48. The molecule has 4 rings (SSSR count). The van der Waals surface area contributed by atoms with Gasteiger partial charge in [0.2, 0.25) is 0 Å². The summed E-state index contributed by atoms with van der Waals surface area (Å²) >= 11 is 0. The summed E-state index contributed by atoms with van der Waals surface area (Å²) in [6.45, 7) is 1.81. The molecule has 3 aromatic rings. The normalized spacial score (nSPS) is 20.1. The molecule has 1 aliphatic carbocycles. The van der Waals surface area contributed by atoms with E-state index in [1.807, 2.05) is 26.1 Å². The number of hydrogen-bond acceptors (Lipinski definition) is 6. The lowest BCUT2D eigenvalue weighted by atomic mass is 9.82. The van der Waals surface area contributed by atoms with Crippen molar-refractivity contribution in [2.75, 3.05) is 7.05 Å². The number of carbonyl (C=O) groups excluding carboxylic acids is 1. The molecule has 0 amide bonds. The summed E-state index contributed by atoms with van der Waals surface area (Å²) in [5.74, 6) is 1.72. The van der Waals surface area contributed by atoms with Gasteiger partial charge in [0, 0.05) is 48.8 Å². The van der Waals surface area contributed by atoms with Crippen LogP contribution in [0.5, 0.6) is 0 Å². The molecule has 0 spiro atoms. The maximum absolute atomic E-state index is 12.7. The topological polar surface area (TPSA) is 80.9 Å². The second kappa shape index (κ2) is 7.56. The smallest absolute Gasteiger partial charge is 0.191 e. The minimum Gasteiger partial charge on any atom is -0.439 e. The Labute approximate surface area is 158 Å². The molecule has 0 bridgehead atoms. The Morgan fingerprint density at radius 2 is 1.85 bits per heavy atom. The second-order valence-corrected chi connectivity index (χ2v) is 7.32. The van der Waals surface area contributed by atoms with E-state index in [2.05, 4.69) is 20.3 Å². The average Bonchev–Trinajstić information content (AvgIpc) is 3.14. The van der Waals surface area contributed by atoms with E-state index in [-0.39, 0.29) is 5.92 Å². The Bertz CT molecular complexity index is 958. The molecular weight excluding hydrogens is 340 g/mol. The number of Topliss-reactive ketones (excluding diaryl/α,β-unsaturated/α-hetero) is 1. The number of ketones is 1. The molecule has 6 heteroatoms. The van der Waals surface area contributed by atoms with Crippen LogP contribution >= 0.6 is 0 Å². The van der Waals surface area contributed by atoms with E-state index in [1.165, 1.54) is 0 Å². The van der Waals surface area contributed by atoms with Crippen LogP contribution in [0.15, 0.2) is 35.1 Å². The summed E-state index contributed by atoms with van der Waals surface area (Å²) < 4.78 is 5.56. The van der Waals surface area contributed by atoms with Gasteiger partial charge in [-0.3, -0.25) is 14.8 Å². The van der Waals surface area contributed by atoms with E-state index in [9.17, 15) is 4.79 Å². The Morgan fingerprint density at radius 1 is 1.07 bits per heavy atom. The fourth-order valence-corrected chi connectivity index (χ4v) is 3.82. The molecule has 0 aliphatic heterocycles. The molecule has 3 heterocycles. The number of aryl methyl sites for hydroxylation is 1. The van der Waals surface area contributed by atoms with Crippen molar-refractivity contribution in [1.82, 2.24) is 20.3 Å². The third-order valence-corrected chi connectivity index (χ3v) is 5.48. The van der Waals surface area contributed by atoms with Crippen molar-refractivity contribution in [3.05, 3.63) is 42.3 Å². The molecule has 1 N–H and O–H groups in total. The number of rotatable bonds is 5. The van der Waals surface area contributed by atoms with Gasteiger partial charge in [-0.2, -0.15) is 0 Å². The van der Waals surface area contributed by atoms with Gasteiger partial charge in [0.1, 0.15) is 11.5 Å². The number of nitrogens with zero attached hydrogens (tertiary/aromatic N) is 3. The van der Waals surface area contributed by atoms with Crippen LogP contribution in [0, 0.1) is 12.8 Å². The quantitative estimate of drug-likeness (QED) is 0.746. The van der Waals surface area contributed by atoms with Crippen LogP contribution in [0.3, 0.4) is 0 Å². The van der Waals surface area contributed by atoms with Crippen LogP contribution in [-0.2, 0) is 11.2 Å². The fourth-order valence-electron chi connectivity index (χ4n) is 3.82. The number of fused-ring (bicyclic) bond motifs is 1. The van der Waals surface area contributed by atoms with Gasteiger partial charge in [0.05, 0.1) is 6.20 Å². The summed E-state index contributed by atoms with van der Waals surface area (Å²) in [6.07, 6.45) is 9.72. The first kappa shape index (κ1) is 17.8. The van der Waals surface area contributed by atoms with Gasteiger partial charge in [0.15, 0.2) is 11.7 Å². The highest BCUT2D eigenvalue weighted by atomic mass is 16.4. The van der Waals surface area contributed by atoms with Crippen LogP contribution in [0.1, 0.15) is 37.3 Å². The fraction of sp³-hybridized carbons (Fsp3) is 0.429. The van der Waals surface area contributed by atoms with Gasteiger partial charge in [0.25, 0.3) is 0 Å². The zero-order valence-corrected chi connectivity index (χ0v) is 15.7. The lowest BCUT2D eigenvalue weighted by molar-refractivity contribution is -0.123. The molecule has 3 aromatic heterocycles. The molecule has 1 saturated carbocycles. The number of nitrogens with one attached hydrogen (secondary N) is 1. The second-order valence-electron chi connectivity index (χ2n) is 7.32. The van der Waals surface area contributed by atoms with E-state index >= 15 is 0 Å². The first-order valence-electron chi connectivity index (χ1n) is 9.50. The van der Waals surface area contributed by atoms with Crippen molar-refractivity contribution in [2.24, 2.45) is 5.92 Å². The predicted octanol–water partition coefficient (Wildman–Crippen LogP) is 3.48. The van der Waals surface area contributed by atoms with E-state index in [0.717, 1.165) is 47.8 Å². The third kappa shape index (κ3) is 3.90. The Morgan fingerprint density at radius 3 is 2.56 bits per heavy atom. The minimum atomic E-state index is 0.164. The Hall–Kier alpha value is -2.60. The Kier molecular flexibility index (Phi) is 4.99. The van der Waals surface area contributed by atoms with Crippen molar-refractivity contribution in [3.63, 3.8) is 0 Å². The number of pyridine rings is 2. The molecule has 1 aliphatic rings.